The van der Waals surface area contributed by atoms with E-state index < -0.39 is 11.7 Å². The molecule has 0 saturated carbocycles. The van der Waals surface area contributed by atoms with Gasteiger partial charge in [-0.3, -0.25) is 4.79 Å². The van der Waals surface area contributed by atoms with Crippen LogP contribution in [-0.4, -0.2) is 70.3 Å². The molecule has 1 aromatic rings. The smallest absolute Gasteiger partial charge is 0.223 e. The van der Waals surface area contributed by atoms with Gasteiger partial charge >= 0.3 is 0 Å². The Kier molecular flexibility index (Phi) is 6.78. The number of β-amino-alcohol motifs (C(OH)–C–C–N with tert-alkyl or cyclic N) is 1. The minimum absolute atomic E-state index is 0.0451. The lowest BCUT2D eigenvalue weighted by Crippen LogP contribution is -2.62. The number of rotatable bonds is 7. The Bertz CT molecular complexity index is 519. The van der Waals surface area contributed by atoms with E-state index in [0.29, 0.717) is 32.4 Å². The second kappa shape index (κ2) is 8.60. The van der Waals surface area contributed by atoms with Crippen LogP contribution in [-0.2, 0) is 11.2 Å². The van der Waals surface area contributed by atoms with Crippen LogP contribution in [0.4, 0.5) is 0 Å². The molecule has 2 rings (SSSR count). The van der Waals surface area contributed by atoms with E-state index in [4.69, 9.17) is 0 Å². The highest BCUT2D eigenvalue weighted by Crippen LogP contribution is 2.24. The van der Waals surface area contributed by atoms with Crippen molar-refractivity contribution >= 4 is 5.91 Å². The average molecular weight is 334 g/mol. The molecule has 24 heavy (non-hydrogen) atoms. The summed E-state index contributed by atoms with van der Waals surface area (Å²) in [5.41, 5.74) is -0.103. The molecule has 1 amide bonds. The fraction of sp³-hybridized carbons (Fsp3) is 0.632. The molecule has 0 spiro atoms. The molecule has 2 N–H and O–H groups in total. The lowest BCUT2D eigenvalue weighted by atomic mass is 9.88. The topological polar surface area (TPSA) is 64.0 Å². The van der Waals surface area contributed by atoms with Crippen molar-refractivity contribution in [3.8, 4) is 0 Å². The molecule has 5 heteroatoms. The first-order chi connectivity index (χ1) is 11.5. The lowest BCUT2D eigenvalue weighted by molar-refractivity contribution is -0.156. The molecule has 5 nitrogen and oxygen atoms in total. The Hall–Kier alpha value is -1.43. The van der Waals surface area contributed by atoms with E-state index in [1.807, 2.05) is 44.2 Å². The van der Waals surface area contributed by atoms with Gasteiger partial charge in [0.15, 0.2) is 0 Å². The van der Waals surface area contributed by atoms with Gasteiger partial charge in [0.2, 0.25) is 5.91 Å². The first kappa shape index (κ1) is 18.9. The molecule has 2 atom stereocenters. The van der Waals surface area contributed by atoms with Gasteiger partial charge in [-0.05, 0) is 31.5 Å². The van der Waals surface area contributed by atoms with Gasteiger partial charge in [-0.25, -0.2) is 0 Å². The third kappa shape index (κ3) is 4.79. The quantitative estimate of drug-likeness (QED) is 0.789. The van der Waals surface area contributed by atoms with Crippen LogP contribution in [0.15, 0.2) is 30.3 Å². The van der Waals surface area contributed by atoms with Gasteiger partial charge in [0, 0.05) is 19.5 Å². The van der Waals surface area contributed by atoms with Crippen molar-refractivity contribution in [3.05, 3.63) is 35.9 Å². The molecule has 1 heterocycles. The van der Waals surface area contributed by atoms with E-state index in [9.17, 15) is 15.0 Å². The monoisotopic (exact) mass is 334 g/mol. The number of benzene rings is 1. The third-order valence-electron chi connectivity index (χ3n) is 4.97. The van der Waals surface area contributed by atoms with Crippen molar-refractivity contribution in [1.29, 1.82) is 0 Å². The minimum Gasteiger partial charge on any atom is -0.390 e. The van der Waals surface area contributed by atoms with E-state index in [2.05, 4.69) is 4.90 Å². The summed E-state index contributed by atoms with van der Waals surface area (Å²) >= 11 is 0. The Morgan fingerprint density at radius 2 is 1.96 bits per heavy atom. The molecule has 0 aliphatic carbocycles. The van der Waals surface area contributed by atoms with Crippen molar-refractivity contribution in [2.75, 3.05) is 32.7 Å². The number of amides is 1. The Morgan fingerprint density at radius 3 is 2.58 bits per heavy atom. The number of aryl methyl sites for hydroxylation is 1. The second-order valence-corrected chi connectivity index (χ2v) is 6.67. The van der Waals surface area contributed by atoms with Crippen LogP contribution in [0.5, 0.6) is 0 Å². The summed E-state index contributed by atoms with van der Waals surface area (Å²) in [6.07, 6.45) is 0.778. The van der Waals surface area contributed by atoms with E-state index in [0.717, 1.165) is 18.7 Å². The molecule has 1 aliphatic heterocycles. The largest absolute Gasteiger partial charge is 0.390 e. The van der Waals surface area contributed by atoms with Gasteiger partial charge in [0.25, 0.3) is 0 Å². The summed E-state index contributed by atoms with van der Waals surface area (Å²) < 4.78 is 0. The zero-order chi connectivity index (χ0) is 17.6. The minimum atomic E-state index is -1.24. The van der Waals surface area contributed by atoms with Crippen LogP contribution in [0.25, 0.3) is 0 Å². The summed E-state index contributed by atoms with van der Waals surface area (Å²) in [6, 6.07) is 9.94. The maximum Gasteiger partial charge on any atom is 0.223 e. The number of likely N-dealkylation sites (N-methyl/N-ethyl adjacent to an activating group) is 1. The SMILES string of the molecule is CCN(CC)C[C@]1(O)CN(C(=O)CCc2ccccc2)CC[C@H]1O. The van der Waals surface area contributed by atoms with E-state index in [1.165, 1.54) is 0 Å². The highest BCUT2D eigenvalue weighted by Gasteiger charge is 2.43. The number of piperidine rings is 1. The van der Waals surface area contributed by atoms with Crippen molar-refractivity contribution in [2.45, 2.75) is 44.8 Å². The molecule has 1 aromatic carbocycles. The highest BCUT2D eigenvalue weighted by molar-refractivity contribution is 5.76. The summed E-state index contributed by atoms with van der Waals surface area (Å²) in [4.78, 5) is 16.3. The molecular weight excluding hydrogens is 304 g/mol. The van der Waals surface area contributed by atoms with Crippen LogP contribution in [0.1, 0.15) is 32.3 Å². The zero-order valence-corrected chi connectivity index (χ0v) is 14.8. The van der Waals surface area contributed by atoms with Crippen LogP contribution < -0.4 is 0 Å². The fourth-order valence-corrected chi connectivity index (χ4v) is 3.32. The van der Waals surface area contributed by atoms with Gasteiger partial charge in [0.1, 0.15) is 5.60 Å². The average Bonchev–Trinajstić information content (AvgIpc) is 2.61. The molecule has 0 unspecified atom stereocenters. The maximum absolute atomic E-state index is 12.5. The van der Waals surface area contributed by atoms with Gasteiger partial charge in [0.05, 0.1) is 12.6 Å². The van der Waals surface area contributed by atoms with E-state index >= 15 is 0 Å². The fourth-order valence-electron chi connectivity index (χ4n) is 3.32. The van der Waals surface area contributed by atoms with Gasteiger partial charge in [-0.15, -0.1) is 0 Å². The maximum atomic E-state index is 12.5. The van der Waals surface area contributed by atoms with Crippen molar-refractivity contribution in [2.24, 2.45) is 0 Å². The molecule has 0 aromatic heterocycles. The molecule has 0 bridgehead atoms. The van der Waals surface area contributed by atoms with Crippen molar-refractivity contribution < 1.29 is 15.0 Å². The van der Waals surface area contributed by atoms with Crippen LogP contribution in [0, 0.1) is 0 Å². The van der Waals surface area contributed by atoms with Gasteiger partial charge in [-0.1, -0.05) is 44.2 Å². The number of nitrogens with zero attached hydrogens (tertiary/aromatic N) is 2. The number of carbonyl (C=O) groups is 1. The molecule has 0 radical (unpaired) electrons. The molecule has 1 aliphatic rings. The second-order valence-electron chi connectivity index (χ2n) is 6.67. The summed E-state index contributed by atoms with van der Waals surface area (Å²) in [6.45, 7) is 6.80. The normalized spacial score (nSPS) is 24.4. The molecular formula is C19H30N2O3. The highest BCUT2D eigenvalue weighted by atomic mass is 16.3. The van der Waals surface area contributed by atoms with Crippen LogP contribution in [0.2, 0.25) is 0 Å². The Morgan fingerprint density at radius 1 is 1.29 bits per heavy atom. The molecule has 1 fully saturated rings. The summed E-state index contributed by atoms with van der Waals surface area (Å²) in [5, 5.41) is 21.2. The number of aliphatic hydroxyl groups excluding tert-OH is 1. The van der Waals surface area contributed by atoms with Gasteiger partial charge < -0.3 is 20.0 Å². The van der Waals surface area contributed by atoms with E-state index in [-0.39, 0.29) is 12.5 Å². The first-order valence-electron chi connectivity index (χ1n) is 8.93. The zero-order valence-electron chi connectivity index (χ0n) is 14.8. The van der Waals surface area contributed by atoms with Gasteiger partial charge in [-0.2, -0.15) is 0 Å². The molecule has 134 valence electrons. The molecule has 1 saturated heterocycles. The third-order valence-corrected chi connectivity index (χ3v) is 4.97. The van der Waals surface area contributed by atoms with Crippen LogP contribution in [0.3, 0.4) is 0 Å². The van der Waals surface area contributed by atoms with Crippen LogP contribution >= 0.6 is 0 Å². The Balaban J connectivity index is 1.94. The predicted octanol–water partition coefficient (Wildman–Crippen LogP) is 1.29. The number of hydrogen-bond acceptors (Lipinski definition) is 4. The van der Waals surface area contributed by atoms with Crippen molar-refractivity contribution in [1.82, 2.24) is 9.80 Å². The predicted molar refractivity (Wildman–Crippen MR) is 94.7 cm³/mol. The first-order valence-corrected chi connectivity index (χ1v) is 8.93. The lowest BCUT2D eigenvalue weighted by Gasteiger charge is -2.44. The number of aliphatic hydroxyl groups is 2. The Labute approximate surface area is 144 Å². The summed E-state index contributed by atoms with van der Waals surface area (Å²) in [7, 11) is 0. The van der Waals surface area contributed by atoms with E-state index in [1.54, 1.807) is 4.90 Å². The number of hydrogen-bond donors (Lipinski definition) is 2. The number of likely N-dealkylation sites (tertiary alicyclic amines) is 1. The standard InChI is InChI=1S/C19H30N2O3/c1-3-20(4-2)14-19(24)15-21(13-12-17(19)22)18(23)11-10-16-8-6-5-7-9-16/h5-9,17,22,24H,3-4,10-15H2,1-2H3/t17-,19+/m1/s1. The summed E-state index contributed by atoms with van der Waals surface area (Å²) in [5.74, 6) is 0.0451. The number of carbonyl (C=O) groups excluding carboxylic acids is 1. The van der Waals surface area contributed by atoms with Crippen molar-refractivity contribution in [3.63, 3.8) is 0 Å².